The van der Waals surface area contributed by atoms with E-state index in [1.807, 2.05) is 0 Å². The summed E-state index contributed by atoms with van der Waals surface area (Å²) in [6.07, 6.45) is -4.62. The number of halogens is 5. The SMILES string of the molecule is CNc1oc(C(F)(F)F)nc1-c1cccc(Cl)c1.Cl. The van der Waals surface area contributed by atoms with Gasteiger partial charge >= 0.3 is 12.1 Å². The summed E-state index contributed by atoms with van der Waals surface area (Å²) in [4.78, 5) is 3.45. The van der Waals surface area contributed by atoms with E-state index in [2.05, 4.69) is 14.7 Å². The van der Waals surface area contributed by atoms with Gasteiger partial charge in [0.25, 0.3) is 0 Å². The number of nitrogens with zero attached hydrogens (tertiary/aromatic N) is 1. The van der Waals surface area contributed by atoms with Crippen molar-refractivity contribution in [2.45, 2.75) is 6.18 Å². The van der Waals surface area contributed by atoms with Crippen molar-refractivity contribution in [3.05, 3.63) is 35.2 Å². The smallest absolute Gasteiger partial charge is 0.416 e. The second-order valence-corrected chi connectivity index (χ2v) is 3.89. The number of oxazole rings is 1. The molecular formula is C11H9Cl2F3N2O. The molecule has 0 bridgehead atoms. The Morgan fingerprint density at radius 2 is 2.00 bits per heavy atom. The predicted molar refractivity (Wildman–Crippen MR) is 68.7 cm³/mol. The molecule has 0 aliphatic rings. The standard InChI is InChI=1S/C11H8ClF3N2O.ClH/c1-16-9-8(6-3-2-4-7(12)5-6)17-10(18-9)11(13,14)15;/h2-5,16H,1H3;1H. The number of hydrogen-bond donors (Lipinski definition) is 1. The van der Waals surface area contributed by atoms with Crippen LogP contribution >= 0.6 is 24.0 Å². The highest BCUT2D eigenvalue weighted by atomic mass is 35.5. The van der Waals surface area contributed by atoms with Gasteiger partial charge in [-0.25, -0.2) is 4.98 Å². The molecule has 3 nitrogen and oxygen atoms in total. The zero-order valence-corrected chi connectivity index (χ0v) is 11.2. The van der Waals surface area contributed by atoms with Crippen molar-refractivity contribution in [2.24, 2.45) is 0 Å². The highest BCUT2D eigenvalue weighted by Gasteiger charge is 2.38. The average Bonchev–Trinajstić information content (AvgIpc) is 2.72. The Labute approximate surface area is 118 Å². The molecule has 2 rings (SSSR count). The maximum Gasteiger partial charge on any atom is 0.469 e. The van der Waals surface area contributed by atoms with Gasteiger partial charge in [-0.1, -0.05) is 23.7 Å². The van der Waals surface area contributed by atoms with Crippen molar-refractivity contribution in [1.29, 1.82) is 0 Å². The number of aromatic nitrogens is 1. The number of hydrogen-bond acceptors (Lipinski definition) is 3. The van der Waals surface area contributed by atoms with Gasteiger partial charge in [0.1, 0.15) is 5.69 Å². The molecule has 19 heavy (non-hydrogen) atoms. The summed E-state index contributed by atoms with van der Waals surface area (Å²) < 4.78 is 42.1. The molecule has 0 fully saturated rings. The van der Waals surface area contributed by atoms with E-state index in [4.69, 9.17) is 11.6 Å². The molecule has 0 spiro atoms. The summed E-state index contributed by atoms with van der Waals surface area (Å²) in [7, 11) is 1.45. The zero-order valence-electron chi connectivity index (χ0n) is 9.58. The molecule has 1 heterocycles. The Hall–Kier alpha value is -1.40. The molecular weight excluding hydrogens is 304 g/mol. The molecule has 0 atom stereocenters. The first-order valence-corrected chi connectivity index (χ1v) is 5.31. The maximum atomic E-state index is 12.5. The first-order valence-electron chi connectivity index (χ1n) is 4.93. The van der Waals surface area contributed by atoms with Crippen LogP contribution < -0.4 is 5.32 Å². The fourth-order valence-corrected chi connectivity index (χ4v) is 1.63. The van der Waals surface area contributed by atoms with Crippen LogP contribution in [0.5, 0.6) is 0 Å². The second kappa shape index (κ2) is 5.71. The molecule has 0 aliphatic carbocycles. The number of alkyl halides is 3. The van der Waals surface area contributed by atoms with E-state index in [0.29, 0.717) is 10.6 Å². The lowest BCUT2D eigenvalue weighted by atomic mass is 10.1. The van der Waals surface area contributed by atoms with Crippen molar-refractivity contribution in [3.63, 3.8) is 0 Å². The summed E-state index contributed by atoms with van der Waals surface area (Å²) in [6, 6.07) is 6.36. The molecule has 0 saturated heterocycles. The van der Waals surface area contributed by atoms with Crippen LogP contribution in [-0.2, 0) is 6.18 Å². The summed E-state index contributed by atoms with van der Waals surface area (Å²) in [5.41, 5.74) is 0.526. The monoisotopic (exact) mass is 312 g/mol. The molecule has 0 amide bonds. The maximum absolute atomic E-state index is 12.5. The fourth-order valence-electron chi connectivity index (χ4n) is 1.44. The Balaban J connectivity index is 0.00000180. The molecule has 104 valence electrons. The van der Waals surface area contributed by atoms with Crippen LogP contribution in [0.1, 0.15) is 5.89 Å². The van der Waals surface area contributed by atoms with Gasteiger partial charge in [-0.2, -0.15) is 13.2 Å². The van der Waals surface area contributed by atoms with E-state index in [9.17, 15) is 13.2 Å². The van der Waals surface area contributed by atoms with E-state index in [1.165, 1.54) is 13.1 Å². The van der Waals surface area contributed by atoms with Crippen LogP contribution in [0.2, 0.25) is 5.02 Å². The third kappa shape index (κ3) is 3.33. The Kier molecular flexibility index (Phi) is 4.70. The van der Waals surface area contributed by atoms with Crippen LogP contribution in [0.3, 0.4) is 0 Å². The van der Waals surface area contributed by atoms with E-state index in [-0.39, 0.29) is 24.0 Å². The first-order chi connectivity index (χ1) is 8.41. The van der Waals surface area contributed by atoms with Crippen LogP contribution in [0.15, 0.2) is 28.7 Å². The molecule has 1 aromatic heterocycles. The lowest BCUT2D eigenvalue weighted by Gasteiger charge is -1.99. The third-order valence-corrected chi connectivity index (χ3v) is 2.43. The lowest BCUT2D eigenvalue weighted by Crippen LogP contribution is -2.04. The Morgan fingerprint density at radius 1 is 1.32 bits per heavy atom. The summed E-state index contributed by atoms with van der Waals surface area (Å²) in [5, 5.41) is 2.94. The number of nitrogens with one attached hydrogen (secondary N) is 1. The van der Waals surface area contributed by atoms with E-state index in [0.717, 1.165) is 0 Å². The molecule has 0 saturated carbocycles. The highest BCUT2D eigenvalue weighted by Crippen LogP contribution is 2.36. The summed E-state index contributed by atoms with van der Waals surface area (Å²) in [5.74, 6) is -1.34. The zero-order chi connectivity index (χ0) is 13.3. The van der Waals surface area contributed by atoms with Gasteiger partial charge in [-0.05, 0) is 12.1 Å². The quantitative estimate of drug-likeness (QED) is 0.888. The van der Waals surface area contributed by atoms with Gasteiger partial charge < -0.3 is 9.73 Å². The van der Waals surface area contributed by atoms with Crippen molar-refractivity contribution in [2.75, 3.05) is 12.4 Å². The van der Waals surface area contributed by atoms with Gasteiger partial charge in [0.2, 0.25) is 5.88 Å². The molecule has 0 aliphatic heterocycles. The molecule has 1 N–H and O–H groups in total. The van der Waals surface area contributed by atoms with Crippen molar-refractivity contribution in [3.8, 4) is 11.3 Å². The number of rotatable bonds is 2. The Morgan fingerprint density at radius 3 is 2.53 bits per heavy atom. The largest absolute Gasteiger partial charge is 0.469 e. The molecule has 1 aromatic carbocycles. The van der Waals surface area contributed by atoms with Crippen molar-refractivity contribution >= 4 is 29.9 Å². The van der Waals surface area contributed by atoms with E-state index in [1.54, 1.807) is 18.2 Å². The van der Waals surface area contributed by atoms with Gasteiger partial charge in [-0.3, -0.25) is 0 Å². The highest BCUT2D eigenvalue weighted by molar-refractivity contribution is 6.30. The topological polar surface area (TPSA) is 38.1 Å². The minimum atomic E-state index is -4.62. The minimum absolute atomic E-state index is 0. The molecule has 0 radical (unpaired) electrons. The van der Waals surface area contributed by atoms with Crippen molar-refractivity contribution < 1.29 is 17.6 Å². The van der Waals surface area contributed by atoms with Crippen molar-refractivity contribution in [1.82, 2.24) is 4.98 Å². The summed E-state index contributed by atoms with van der Waals surface area (Å²) in [6.45, 7) is 0. The van der Waals surface area contributed by atoms with Crippen LogP contribution in [0.25, 0.3) is 11.3 Å². The molecule has 0 unspecified atom stereocenters. The third-order valence-electron chi connectivity index (χ3n) is 2.19. The van der Waals surface area contributed by atoms with E-state index >= 15 is 0 Å². The minimum Gasteiger partial charge on any atom is -0.416 e. The first kappa shape index (κ1) is 15.7. The van der Waals surface area contributed by atoms with Gasteiger partial charge in [0, 0.05) is 17.6 Å². The molecule has 2 aromatic rings. The van der Waals surface area contributed by atoms with Crippen LogP contribution in [-0.4, -0.2) is 12.0 Å². The van der Waals surface area contributed by atoms with Gasteiger partial charge in [-0.15, -0.1) is 12.4 Å². The normalized spacial score (nSPS) is 11.0. The average molecular weight is 313 g/mol. The lowest BCUT2D eigenvalue weighted by molar-refractivity contribution is -0.156. The van der Waals surface area contributed by atoms with Crippen LogP contribution in [0, 0.1) is 0 Å². The second-order valence-electron chi connectivity index (χ2n) is 3.45. The predicted octanol–water partition coefficient (Wildman–Crippen LogP) is 4.48. The number of benzene rings is 1. The number of anilines is 1. The van der Waals surface area contributed by atoms with Gasteiger partial charge in [0.15, 0.2) is 0 Å². The van der Waals surface area contributed by atoms with Gasteiger partial charge in [0.05, 0.1) is 0 Å². The van der Waals surface area contributed by atoms with Crippen LogP contribution in [0.4, 0.5) is 19.1 Å². The molecule has 8 heteroatoms. The fraction of sp³-hybridized carbons (Fsp3) is 0.182. The van der Waals surface area contributed by atoms with E-state index < -0.39 is 12.1 Å². The Bertz CT molecular complexity index is 569. The summed E-state index contributed by atoms with van der Waals surface area (Å²) >= 11 is 5.79.